The van der Waals surface area contributed by atoms with Crippen molar-refractivity contribution in [1.29, 1.82) is 0 Å². The zero-order valence-corrected chi connectivity index (χ0v) is 5.23. The van der Waals surface area contributed by atoms with Gasteiger partial charge in [-0.05, 0) is 6.92 Å². The first-order valence-corrected chi connectivity index (χ1v) is 2.71. The van der Waals surface area contributed by atoms with Crippen LogP contribution in [0.15, 0.2) is 0 Å². The highest BCUT2D eigenvalue weighted by Gasteiger charge is 2.36. The van der Waals surface area contributed by atoms with E-state index >= 15 is 0 Å². The first kappa shape index (κ1) is 7.01. The summed E-state index contributed by atoms with van der Waals surface area (Å²) in [6.07, 6.45) is -2.10. The van der Waals surface area contributed by atoms with Crippen LogP contribution in [0.4, 0.5) is 0 Å². The van der Waals surface area contributed by atoms with E-state index in [1.165, 1.54) is 6.92 Å². The molecule has 5 heteroatoms. The van der Waals surface area contributed by atoms with E-state index in [4.69, 9.17) is 5.11 Å². The van der Waals surface area contributed by atoms with Gasteiger partial charge < -0.3 is 14.6 Å². The van der Waals surface area contributed by atoms with Gasteiger partial charge in [-0.25, -0.2) is 9.59 Å². The third-order valence-electron chi connectivity index (χ3n) is 1.01. The fourth-order valence-corrected chi connectivity index (χ4v) is 0.528. The Balaban J connectivity index is 2.57. The average molecular weight is 146 g/mol. The summed E-state index contributed by atoms with van der Waals surface area (Å²) in [5.41, 5.74) is 0. The summed E-state index contributed by atoms with van der Waals surface area (Å²) in [7, 11) is 0. The van der Waals surface area contributed by atoms with E-state index < -0.39 is 24.3 Å². The van der Waals surface area contributed by atoms with Crippen LogP contribution in [0.25, 0.3) is 0 Å². The van der Waals surface area contributed by atoms with E-state index in [0.717, 1.165) is 0 Å². The third kappa shape index (κ3) is 1.08. The van der Waals surface area contributed by atoms with Gasteiger partial charge in [0.15, 0.2) is 0 Å². The molecule has 1 rings (SSSR count). The molecule has 0 amide bonds. The summed E-state index contributed by atoms with van der Waals surface area (Å²) in [4.78, 5) is 20.6. The molecule has 0 aromatic carbocycles. The van der Waals surface area contributed by atoms with Crippen molar-refractivity contribution < 1.29 is 24.2 Å². The van der Waals surface area contributed by atoms with Crippen LogP contribution < -0.4 is 0 Å². The number of hydrogen-bond donors (Lipinski definition) is 1. The minimum Gasteiger partial charge on any atom is -0.414 e. The molecule has 1 fully saturated rings. The largest absolute Gasteiger partial charge is 0.420 e. The van der Waals surface area contributed by atoms with Gasteiger partial charge in [0.05, 0.1) is 0 Å². The van der Waals surface area contributed by atoms with E-state index in [2.05, 4.69) is 9.47 Å². The number of carbonyl (C=O) groups excluding carboxylic acids is 2. The molecule has 1 aliphatic heterocycles. The van der Waals surface area contributed by atoms with Crippen molar-refractivity contribution in [2.45, 2.75) is 19.3 Å². The number of esters is 2. The molecule has 0 radical (unpaired) electrons. The van der Waals surface area contributed by atoms with E-state index in [1.807, 2.05) is 0 Å². The lowest BCUT2D eigenvalue weighted by molar-refractivity contribution is -0.155. The standard InChI is InChI=1S/C5H6O5/c1-2(6)5-9-3(7)4(8)10-5/h2,5-6H,1H3. The predicted molar refractivity (Wildman–Crippen MR) is 27.7 cm³/mol. The van der Waals surface area contributed by atoms with Gasteiger partial charge in [-0.1, -0.05) is 0 Å². The Hall–Kier alpha value is -1.10. The van der Waals surface area contributed by atoms with E-state index in [9.17, 15) is 9.59 Å². The second-order valence-corrected chi connectivity index (χ2v) is 1.92. The van der Waals surface area contributed by atoms with Crippen LogP contribution in [0.1, 0.15) is 6.92 Å². The fourth-order valence-electron chi connectivity index (χ4n) is 0.528. The SMILES string of the molecule is CC(O)C1OC(=O)C(=O)O1. The molecular weight excluding hydrogens is 140 g/mol. The smallest absolute Gasteiger partial charge is 0.414 e. The first-order chi connectivity index (χ1) is 4.61. The maximum absolute atomic E-state index is 10.3. The molecule has 1 saturated heterocycles. The van der Waals surface area contributed by atoms with Crippen LogP contribution >= 0.6 is 0 Å². The van der Waals surface area contributed by atoms with Gasteiger partial charge in [-0.15, -0.1) is 0 Å². The second kappa shape index (κ2) is 2.26. The predicted octanol–water partition coefficient (Wildman–Crippen LogP) is -1.21. The Labute approximate surface area is 56.5 Å². The lowest BCUT2D eigenvalue weighted by Gasteiger charge is -2.08. The van der Waals surface area contributed by atoms with Crippen LogP contribution in [0.5, 0.6) is 0 Å². The Morgan fingerprint density at radius 3 is 2.00 bits per heavy atom. The molecule has 1 N–H and O–H groups in total. The monoisotopic (exact) mass is 146 g/mol. The van der Waals surface area contributed by atoms with Gasteiger partial charge in [0, 0.05) is 0 Å². The highest BCUT2D eigenvalue weighted by molar-refractivity contribution is 6.30. The quantitative estimate of drug-likeness (QED) is 0.371. The molecule has 5 nitrogen and oxygen atoms in total. The lowest BCUT2D eigenvalue weighted by Crippen LogP contribution is -2.23. The van der Waals surface area contributed by atoms with Crippen molar-refractivity contribution in [2.75, 3.05) is 0 Å². The molecular formula is C5H6O5. The van der Waals surface area contributed by atoms with Crippen LogP contribution in [-0.4, -0.2) is 29.4 Å². The number of aliphatic hydroxyl groups is 1. The minimum atomic E-state index is -1.13. The van der Waals surface area contributed by atoms with Crippen LogP contribution in [0, 0.1) is 0 Å². The van der Waals surface area contributed by atoms with Crippen molar-refractivity contribution in [3.05, 3.63) is 0 Å². The van der Waals surface area contributed by atoms with Crippen LogP contribution in [-0.2, 0) is 19.1 Å². The Morgan fingerprint density at radius 1 is 1.40 bits per heavy atom. The molecule has 0 bridgehead atoms. The van der Waals surface area contributed by atoms with Crippen LogP contribution in [0.2, 0.25) is 0 Å². The van der Waals surface area contributed by atoms with Gasteiger partial charge in [0.2, 0.25) is 0 Å². The zero-order chi connectivity index (χ0) is 7.72. The lowest BCUT2D eigenvalue weighted by atomic mass is 10.4. The summed E-state index contributed by atoms with van der Waals surface area (Å²) >= 11 is 0. The highest BCUT2D eigenvalue weighted by Crippen LogP contribution is 2.09. The average Bonchev–Trinajstić information content (AvgIpc) is 2.13. The Morgan fingerprint density at radius 2 is 1.80 bits per heavy atom. The summed E-state index contributed by atoms with van der Waals surface area (Å²) in [5.74, 6) is -2.10. The summed E-state index contributed by atoms with van der Waals surface area (Å²) in [6, 6.07) is 0. The minimum absolute atomic E-state index is 0.976. The van der Waals surface area contributed by atoms with Gasteiger partial charge in [0.1, 0.15) is 6.10 Å². The van der Waals surface area contributed by atoms with Crippen molar-refractivity contribution in [1.82, 2.24) is 0 Å². The molecule has 1 unspecified atom stereocenters. The molecule has 10 heavy (non-hydrogen) atoms. The number of aliphatic hydroxyl groups excluding tert-OH is 1. The fraction of sp³-hybridized carbons (Fsp3) is 0.600. The van der Waals surface area contributed by atoms with E-state index in [1.54, 1.807) is 0 Å². The molecule has 0 aliphatic carbocycles. The Kier molecular flexibility index (Phi) is 1.58. The Bertz CT molecular complexity index is 157. The molecule has 56 valence electrons. The number of ether oxygens (including phenoxy) is 2. The topological polar surface area (TPSA) is 72.8 Å². The maximum Gasteiger partial charge on any atom is 0.420 e. The zero-order valence-electron chi connectivity index (χ0n) is 5.23. The van der Waals surface area contributed by atoms with Gasteiger partial charge in [0.25, 0.3) is 6.29 Å². The third-order valence-corrected chi connectivity index (χ3v) is 1.01. The first-order valence-electron chi connectivity index (χ1n) is 2.71. The maximum atomic E-state index is 10.3. The molecule has 0 aromatic rings. The number of cyclic esters (lactones) is 2. The van der Waals surface area contributed by atoms with Gasteiger partial charge >= 0.3 is 11.9 Å². The van der Waals surface area contributed by atoms with Gasteiger partial charge in [-0.2, -0.15) is 0 Å². The molecule has 1 heterocycles. The molecule has 0 aromatic heterocycles. The normalized spacial score (nSPS) is 22.2. The van der Waals surface area contributed by atoms with E-state index in [0.29, 0.717) is 0 Å². The number of rotatable bonds is 1. The summed E-state index contributed by atoms with van der Waals surface area (Å²) < 4.78 is 8.55. The summed E-state index contributed by atoms with van der Waals surface area (Å²) in [5, 5.41) is 8.73. The second-order valence-electron chi connectivity index (χ2n) is 1.92. The van der Waals surface area contributed by atoms with Crippen molar-refractivity contribution in [2.24, 2.45) is 0 Å². The van der Waals surface area contributed by atoms with Crippen molar-refractivity contribution in [3.63, 3.8) is 0 Å². The van der Waals surface area contributed by atoms with Crippen molar-refractivity contribution >= 4 is 11.9 Å². The number of carbonyl (C=O) groups is 2. The highest BCUT2D eigenvalue weighted by atomic mass is 16.8. The molecule has 0 saturated carbocycles. The van der Waals surface area contributed by atoms with Crippen LogP contribution in [0.3, 0.4) is 0 Å². The van der Waals surface area contributed by atoms with Gasteiger partial charge in [-0.3, -0.25) is 0 Å². The van der Waals surface area contributed by atoms with Crippen molar-refractivity contribution in [3.8, 4) is 0 Å². The molecule has 1 aliphatic rings. The molecule has 1 atom stereocenters. The van der Waals surface area contributed by atoms with E-state index in [-0.39, 0.29) is 0 Å². The summed E-state index contributed by atoms with van der Waals surface area (Å²) in [6.45, 7) is 1.36. The number of hydrogen-bond acceptors (Lipinski definition) is 5. The molecule has 0 spiro atoms.